The van der Waals surface area contributed by atoms with E-state index in [-0.39, 0.29) is 0 Å². The second kappa shape index (κ2) is 12.6. The lowest BCUT2D eigenvalue weighted by Crippen LogP contribution is -1.94. The minimum absolute atomic E-state index is 0.890. The van der Waals surface area contributed by atoms with E-state index >= 15 is 0 Å². The molecule has 0 bridgehead atoms. The maximum absolute atomic E-state index is 6.64. The highest BCUT2D eigenvalue weighted by atomic mass is 16.3. The number of hydrogen-bond donors (Lipinski definition) is 0. The molecule has 288 valence electrons. The standard InChI is InChI=1S/C58H34N2O2/c1-2-13-39(14-3-1)59-49-28-25-36(32-46(49)47-34-38(27-30-50(47)59)41-18-10-19-44-42-16-6-8-22-54(42)61-57(41)44)37-26-29-51-48(33-37)56-40-15-5-4-12-35(40)24-31-52(56)60(51)53-21-11-20-45-43-17-7-9-23-55(43)62-58(45)53/h1-34H. The van der Waals surface area contributed by atoms with Gasteiger partial charge in [0.1, 0.15) is 16.7 Å². The summed E-state index contributed by atoms with van der Waals surface area (Å²) in [7, 11) is 0. The summed E-state index contributed by atoms with van der Waals surface area (Å²) >= 11 is 0. The molecule has 0 aliphatic heterocycles. The van der Waals surface area contributed by atoms with Crippen LogP contribution in [0.2, 0.25) is 0 Å². The summed E-state index contributed by atoms with van der Waals surface area (Å²) < 4.78 is 18.0. The molecule has 0 saturated heterocycles. The second-order valence-corrected chi connectivity index (χ2v) is 16.4. The molecule has 14 aromatic rings. The summed E-state index contributed by atoms with van der Waals surface area (Å²) in [5.41, 5.74) is 14.9. The van der Waals surface area contributed by atoms with Crippen molar-refractivity contribution in [3.05, 3.63) is 206 Å². The lowest BCUT2D eigenvalue weighted by molar-refractivity contribution is 0.666. The summed E-state index contributed by atoms with van der Waals surface area (Å²) in [5.74, 6) is 0. The number of furan rings is 2. The minimum Gasteiger partial charge on any atom is -0.455 e. The summed E-state index contributed by atoms with van der Waals surface area (Å²) in [5, 5.41) is 11.8. The molecule has 0 atom stereocenters. The van der Waals surface area contributed by atoms with Gasteiger partial charge in [0.15, 0.2) is 5.58 Å². The Labute approximate surface area is 354 Å². The van der Waals surface area contributed by atoms with E-state index in [1.54, 1.807) is 0 Å². The molecule has 0 aliphatic rings. The van der Waals surface area contributed by atoms with Gasteiger partial charge in [0.05, 0.1) is 27.8 Å². The lowest BCUT2D eigenvalue weighted by atomic mass is 9.98. The Hall–Kier alpha value is -8.34. The first-order valence-corrected chi connectivity index (χ1v) is 21.2. The molecule has 62 heavy (non-hydrogen) atoms. The maximum Gasteiger partial charge on any atom is 0.159 e. The number of aromatic nitrogens is 2. The normalized spacial score (nSPS) is 12.2. The highest BCUT2D eigenvalue weighted by molar-refractivity contribution is 6.23. The molecule has 0 aliphatic carbocycles. The molecule has 14 rings (SSSR count). The Bertz CT molecular complexity index is 4160. The molecule has 4 nitrogen and oxygen atoms in total. The third-order valence-corrected chi connectivity index (χ3v) is 13.1. The van der Waals surface area contributed by atoms with Gasteiger partial charge < -0.3 is 18.0 Å². The maximum atomic E-state index is 6.64. The van der Waals surface area contributed by atoms with Gasteiger partial charge in [-0.05, 0) is 100 Å². The number of hydrogen-bond acceptors (Lipinski definition) is 2. The van der Waals surface area contributed by atoms with E-state index in [0.717, 1.165) is 99.6 Å². The zero-order valence-electron chi connectivity index (χ0n) is 33.3. The zero-order valence-corrected chi connectivity index (χ0v) is 33.3. The van der Waals surface area contributed by atoms with Crippen molar-refractivity contribution >= 4 is 98.3 Å². The van der Waals surface area contributed by atoms with Gasteiger partial charge in [0, 0.05) is 54.3 Å². The molecular weight excluding hydrogens is 757 g/mol. The van der Waals surface area contributed by atoms with Crippen molar-refractivity contribution in [1.82, 2.24) is 9.13 Å². The molecule has 0 spiro atoms. The van der Waals surface area contributed by atoms with Crippen molar-refractivity contribution < 1.29 is 8.83 Å². The topological polar surface area (TPSA) is 36.1 Å². The van der Waals surface area contributed by atoms with Crippen LogP contribution in [0.1, 0.15) is 0 Å². The predicted molar refractivity (Wildman–Crippen MR) is 258 cm³/mol. The molecule has 10 aromatic carbocycles. The third kappa shape index (κ3) is 4.66. The molecular formula is C58H34N2O2. The summed E-state index contributed by atoms with van der Waals surface area (Å²) in [4.78, 5) is 0. The van der Waals surface area contributed by atoms with E-state index in [1.807, 2.05) is 12.1 Å². The van der Waals surface area contributed by atoms with Crippen LogP contribution < -0.4 is 0 Å². The van der Waals surface area contributed by atoms with Gasteiger partial charge in [-0.15, -0.1) is 0 Å². The van der Waals surface area contributed by atoms with E-state index < -0.39 is 0 Å². The van der Waals surface area contributed by atoms with Gasteiger partial charge in [-0.1, -0.05) is 133 Å². The Morgan fingerprint density at radius 3 is 1.58 bits per heavy atom. The number of benzene rings is 10. The molecule has 0 saturated carbocycles. The molecule has 4 heterocycles. The monoisotopic (exact) mass is 790 g/mol. The van der Waals surface area contributed by atoms with Crippen molar-refractivity contribution in [2.24, 2.45) is 0 Å². The number of fused-ring (bicyclic) bond motifs is 14. The number of nitrogens with zero attached hydrogens (tertiary/aromatic N) is 2. The van der Waals surface area contributed by atoms with E-state index in [4.69, 9.17) is 8.83 Å². The van der Waals surface area contributed by atoms with Crippen LogP contribution in [0.15, 0.2) is 215 Å². The SMILES string of the molecule is c1ccc(-n2c3ccc(-c4ccc5c(c4)c4c6ccccc6ccc4n5-c4cccc5c4oc4ccccc45)cc3c3cc(-c4cccc5c4oc4ccccc45)ccc32)cc1. The van der Waals surface area contributed by atoms with Crippen molar-refractivity contribution in [2.75, 3.05) is 0 Å². The Balaban J connectivity index is 1.01. The van der Waals surface area contributed by atoms with Crippen molar-refractivity contribution in [2.45, 2.75) is 0 Å². The van der Waals surface area contributed by atoms with Gasteiger partial charge in [0.25, 0.3) is 0 Å². The molecule has 0 radical (unpaired) electrons. The van der Waals surface area contributed by atoms with Crippen LogP contribution in [0.3, 0.4) is 0 Å². The van der Waals surface area contributed by atoms with Crippen LogP contribution in [-0.2, 0) is 0 Å². The van der Waals surface area contributed by atoms with Gasteiger partial charge >= 0.3 is 0 Å². The Morgan fingerprint density at radius 2 is 0.839 bits per heavy atom. The predicted octanol–water partition coefficient (Wildman–Crippen LogP) is 16.2. The molecule has 0 unspecified atom stereocenters. The van der Waals surface area contributed by atoms with Crippen molar-refractivity contribution in [3.63, 3.8) is 0 Å². The quantitative estimate of drug-likeness (QED) is 0.178. The first-order valence-electron chi connectivity index (χ1n) is 21.2. The van der Waals surface area contributed by atoms with Gasteiger partial charge in [-0.3, -0.25) is 0 Å². The average molecular weight is 791 g/mol. The van der Waals surface area contributed by atoms with Gasteiger partial charge in [0.2, 0.25) is 0 Å². The molecule has 4 aromatic heterocycles. The van der Waals surface area contributed by atoms with Crippen LogP contribution >= 0.6 is 0 Å². The van der Waals surface area contributed by atoms with Crippen LogP contribution in [0.5, 0.6) is 0 Å². The Kier molecular flexibility index (Phi) is 6.80. The smallest absolute Gasteiger partial charge is 0.159 e. The Morgan fingerprint density at radius 1 is 0.306 bits per heavy atom. The van der Waals surface area contributed by atoms with E-state index in [9.17, 15) is 0 Å². The molecule has 0 fully saturated rings. The first-order chi connectivity index (χ1) is 30.7. The summed E-state index contributed by atoms with van der Waals surface area (Å²) in [6, 6.07) is 74.3. The lowest BCUT2D eigenvalue weighted by Gasteiger charge is -2.10. The second-order valence-electron chi connectivity index (χ2n) is 16.4. The van der Waals surface area contributed by atoms with E-state index in [2.05, 4.69) is 203 Å². The first kappa shape index (κ1) is 33.5. The average Bonchev–Trinajstić information content (AvgIpc) is 4.09. The van der Waals surface area contributed by atoms with Crippen LogP contribution in [0, 0.1) is 0 Å². The molecule has 0 N–H and O–H groups in total. The fraction of sp³-hybridized carbons (Fsp3) is 0. The fourth-order valence-electron chi connectivity index (χ4n) is 10.3. The van der Waals surface area contributed by atoms with Crippen LogP contribution in [0.4, 0.5) is 0 Å². The highest BCUT2D eigenvalue weighted by Gasteiger charge is 2.21. The van der Waals surface area contributed by atoms with Crippen LogP contribution in [0.25, 0.3) is 132 Å². The molecule has 0 amide bonds. The van der Waals surface area contributed by atoms with Gasteiger partial charge in [-0.2, -0.15) is 0 Å². The highest BCUT2D eigenvalue weighted by Crippen LogP contribution is 2.44. The fourth-order valence-corrected chi connectivity index (χ4v) is 10.3. The van der Waals surface area contributed by atoms with Crippen LogP contribution in [-0.4, -0.2) is 9.13 Å². The third-order valence-electron chi connectivity index (χ3n) is 13.1. The van der Waals surface area contributed by atoms with Gasteiger partial charge in [-0.25, -0.2) is 0 Å². The largest absolute Gasteiger partial charge is 0.455 e. The minimum atomic E-state index is 0.890. The van der Waals surface area contributed by atoms with Crippen molar-refractivity contribution in [1.29, 1.82) is 0 Å². The number of para-hydroxylation sites is 5. The summed E-state index contributed by atoms with van der Waals surface area (Å²) in [6.07, 6.45) is 0. The summed E-state index contributed by atoms with van der Waals surface area (Å²) in [6.45, 7) is 0. The van der Waals surface area contributed by atoms with Crippen molar-refractivity contribution in [3.8, 4) is 33.6 Å². The molecule has 4 heteroatoms. The zero-order chi connectivity index (χ0) is 40.5. The number of rotatable bonds is 4. The van der Waals surface area contributed by atoms with E-state index in [1.165, 1.54) is 32.3 Å². The van der Waals surface area contributed by atoms with E-state index in [0.29, 0.717) is 0 Å².